The standard InChI is InChI=1S/C27H26N2O3S2/c1-3-18-14-11-15-19(4-2)23(18)29-27-26(34(31,32)21-16-9-6-10-17-21)22(28)25(33-27)24(30)20-12-7-5-8-13-20/h5-17,29H,3-4,28H2,1-2H3. The summed E-state index contributed by atoms with van der Waals surface area (Å²) in [7, 11) is -3.98. The van der Waals surface area contributed by atoms with Crippen molar-refractivity contribution < 1.29 is 13.2 Å². The topological polar surface area (TPSA) is 89.3 Å². The van der Waals surface area contributed by atoms with Crippen LogP contribution in [0.15, 0.2) is 88.7 Å². The Morgan fingerprint density at radius 3 is 1.97 bits per heavy atom. The van der Waals surface area contributed by atoms with E-state index in [0.717, 1.165) is 41.0 Å². The van der Waals surface area contributed by atoms with Gasteiger partial charge in [-0.25, -0.2) is 8.42 Å². The normalized spacial score (nSPS) is 11.4. The molecule has 174 valence electrons. The highest BCUT2D eigenvalue weighted by Gasteiger charge is 2.32. The van der Waals surface area contributed by atoms with Gasteiger partial charge in [0.15, 0.2) is 0 Å². The third-order valence-electron chi connectivity index (χ3n) is 5.70. The molecule has 1 heterocycles. The highest BCUT2D eigenvalue weighted by molar-refractivity contribution is 7.92. The number of para-hydroxylation sites is 1. The van der Waals surface area contributed by atoms with Crippen LogP contribution in [0.5, 0.6) is 0 Å². The minimum absolute atomic E-state index is 0.0303. The van der Waals surface area contributed by atoms with Gasteiger partial charge in [-0.2, -0.15) is 0 Å². The van der Waals surface area contributed by atoms with E-state index in [0.29, 0.717) is 10.6 Å². The number of nitrogens with one attached hydrogen (secondary N) is 1. The monoisotopic (exact) mass is 490 g/mol. The van der Waals surface area contributed by atoms with Gasteiger partial charge >= 0.3 is 0 Å². The second kappa shape index (κ2) is 9.83. The average molecular weight is 491 g/mol. The number of thiophene rings is 1. The number of nitrogen functional groups attached to an aromatic ring is 1. The summed E-state index contributed by atoms with van der Waals surface area (Å²) in [6.07, 6.45) is 1.54. The Morgan fingerprint density at radius 1 is 0.853 bits per heavy atom. The number of hydrogen-bond acceptors (Lipinski definition) is 6. The van der Waals surface area contributed by atoms with Gasteiger partial charge in [-0.3, -0.25) is 4.79 Å². The smallest absolute Gasteiger partial charge is 0.211 e. The number of aryl methyl sites for hydroxylation is 2. The van der Waals surface area contributed by atoms with Crippen LogP contribution in [0, 0.1) is 0 Å². The van der Waals surface area contributed by atoms with Crippen molar-refractivity contribution in [1.82, 2.24) is 0 Å². The Balaban J connectivity index is 1.94. The summed E-state index contributed by atoms with van der Waals surface area (Å²) in [5, 5.41) is 3.71. The molecule has 0 aliphatic carbocycles. The number of carbonyl (C=O) groups excluding carboxylic acids is 1. The van der Waals surface area contributed by atoms with E-state index in [9.17, 15) is 13.2 Å². The van der Waals surface area contributed by atoms with Crippen molar-refractivity contribution in [3.8, 4) is 0 Å². The molecule has 0 unspecified atom stereocenters. The van der Waals surface area contributed by atoms with E-state index in [1.54, 1.807) is 42.5 Å². The van der Waals surface area contributed by atoms with E-state index in [1.165, 1.54) is 12.1 Å². The van der Waals surface area contributed by atoms with Crippen molar-refractivity contribution in [2.24, 2.45) is 0 Å². The molecular weight excluding hydrogens is 464 g/mol. The first-order valence-electron chi connectivity index (χ1n) is 11.1. The predicted octanol–water partition coefficient (Wildman–Crippen LogP) is 6.26. The second-order valence-corrected chi connectivity index (χ2v) is 10.7. The Bertz CT molecular complexity index is 1410. The van der Waals surface area contributed by atoms with Gasteiger partial charge in [0.1, 0.15) is 14.8 Å². The molecule has 0 saturated heterocycles. The molecule has 0 aliphatic rings. The quantitative estimate of drug-likeness (QED) is 0.285. The van der Waals surface area contributed by atoms with Crippen molar-refractivity contribution in [2.75, 3.05) is 11.1 Å². The van der Waals surface area contributed by atoms with E-state index in [4.69, 9.17) is 5.73 Å². The maximum absolute atomic E-state index is 13.7. The third kappa shape index (κ3) is 4.36. The summed E-state index contributed by atoms with van der Waals surface area (Å²) in [5.74, 6) is -0.305. The molecule has 1 aromatic heterocycles. The SMILES string of the molecule is CCc1cccc(CC)c1Nc1sc(C(=O)c2ccccc2)c(N)c1S(=O)(=O)c1ccccc1. The third-order valence-corrected chi connectivity index (χ3v) is 8.80. The predicted molar refractivity (Wildman–Crippen MR) is 139 cm³/mol. The highest BCUT2D eigenvalue weighted by Crippen LogP contribution is 2.44. The molecule has 4 rings (SSSR count). The summed E-state index contributed by atoms with van der Waals surface area (Å²) < 4.78 is 27.4. The summed E-state index contributed by atoms with van der Waals surface area (Å²) in [5.41, 5.74) is 9.83. The zero-order valence-corrected chi connectivity index (χ0v) is 20.7. The Hall–Kier alpha value is -3.42. The lowest BCUT2D eigenvalue weighted by Gasteiger charge is -2.16. The lowest BCUT2D eigenvalue weighted by atomic mass is 10.0. The number of rotatable bonds is 8. The van der Waals surface area contributed by atoms with E-state index in [2.05, 4.69) is 19.2 Å². The van der Waals surface area contributed by atoms with Crippen molar-refractivity contribution in [1.29, 1.82) is 0 Å². The Kier molecular flexibility index (Phi) is 6.86. The van der Waals surface area contributed by atoms with Crippen LogP contribution in [0.4, 0.5) is 16.4 Å². The van der Waals surface area contributed by atoms with E-state index >= 15 is 0 Å². The lowest BCUT2D eigenvalue weighted by molar-refractivity contribution is 0.104. The molecule has 4 aromatic rings. The highest BCUT2D eigenvalue weighted by atomic mass is 32.2. The summed E-state index contributed by atoms with van der Waals surface area (Å²) in [6.45, 7) is 4.10. The Morgan fingerprint density at radius 2 is 1.41 bits per heavy atom. The molecule has 0 radical (unpaired) electrons. The van der Waals surface area contributed by atoms with Gasteiger partial charge in [-0.1, -0.05) is 80.6 Å². The van der Waals surface area contributed by atoms with Gasteiger partial charge in [0.25, 0.3) is 0 Å². The van der Waals surface area contributed by atoms with Gasteiger partial charge < -0.3 is 11.1 Å². The molecular formula is C27H26N2O3S2. The van der Waals surface area contributed by atoms with Gasteiger partial charge in [0.2, 0.25) is 15.6 Å². The first-order chi connectivity index (χ1) is 16.4. The molecule has 0 amide bonds. The molecule has 0 fully saturated rings. The maximum atomic E-state index is 13.7. The van der Waals surface area contributed by atoms with Crippen LogP contribution in [0.1, 0.15) is 40.2 Å². The van der Waals surface area contributed by atoms with Gasteiger partial charge in [0, 0.05) is 11.3 Å². The summed E-state index contributed by atoms with van der Waals surface area (Å²) >= 11 is 1.08. The molecule has 0 saturated carbocycles. The number of carbonyl (C=O) groups is 1. The fraction of sp³-hybridized carbons (Fsp3) is 0.148. The molecule has 5 nitrogen and oxygen atoms in total. The van der Waals surface area contributed by atoms with Crippen molar-refractivity contribution in [3.63, 3.8) is 0 Å². The van der Waals surface area contributed by atoms with Crippen LogP contribution < -0.4 is 11.1 Å². The molecule has 3 aromatic carbocycles. The van der Waals surface area contributed by atoms with E-state index < -0.39 is 9.84 Å². The molecule has 3 N–H and O–H groups in total. The number of hydrogen-bond donors (Lipinski definition) is 2. The first-order valence-corrected chi connectivity index (χ1v) is 13.4. The number of ketones is 1. The largest absolute Gasteiger partial charge is 0.396 e. The maximum Gasteiger partial charge on any atom is 0.211 e. The van der Waals surface area contributed by atoms with Gasteiger partial charge in [0.05, 0.1) is 10.6 Å². The van der Waals surface area contributed by atoms with Crippen molar-refractivity contribution in [3.05, 3.63) is 100 Å². The van der Waals surface area contributed by atoms with Crippen molar-refractivity contribution >= 4 is 43.3 Å². The average Bonchev–Trinajstić information content (AvgIpc) is 3.21. The number of sulfone groups is 1. The van der Waals surface area contributed by atoms with Gasteiger partial charge in [-0.15, -0.1) is 11.3 Å². The van der Waals surface area contributed by atoms with Crippen LogP contribution >= 0.6 is 11.3 Å². The second-order valence-electron chi connectivity index (χ2n) is 7.80. The summed E-state index contributed by atoms with van der Waals surface area (Å²) in [6, 6.07) is 22.9. The zero-order valence-electron chi connectivity index (χ0n) is 19.0. The summed E-state index contributed by atoms with van der Waals surface area (Å²) in [4.78, 5) is 13.6. The fourth-order valence-electron chi connectivity index (χ4n) is 3.90. The minimum Gasteiger partial charge on any atom is -0.396 e. The Labute approximate surface area is 204 Å². The van der Waals surface area contributed by atoms with Crippen LogP contribution in [-0.2, 0) is 22.7 Å². The molecule has 34 heavy (non-hydrogen) atoms. The van der Waals surface area contributed by atoms with Crippen LogP contribution in [0.3, 0.4) is 0 Å². The fourth-order valence-corrected chi connectivity index (χ4v) is 6.84. The number of nitrogens with two attached hydrogens (primary N) is 1. The molecule has 7 heteroatoms. The molecule has 0 spiro atoms. The zero-order chi connectivity index (χ0) is 24.3. The minimum atomic E-state index is -3.98. The van der Waals surface area contributed by atoms with Crippen LogP contribution in [-0.4, -0.2) is 14.2 Å². The van der Waals surface area contributed by atoms with Crippen molar-refractivity contribution in [2.45, 2.75) is 36.5 Å². The first kappa shape index (κ1) is 23.7. The van der Waals surface area contributed by atoms with Crippen LogP contribution in [0.25, 0.3) is 0 Å². The van der Waals surface area contributed by atoms with Crippen LogP contribution in [0.2, 0.25) is 0 Å². The molecule has 0 bridgehead atoms. The van der Waals surface area contributed by atoms with E-state index in [-0.39, 0.29) is 26.1 Å². The lowest BCUT2D eigenvalue weighted by Crippen LogP contribution is -2.09. The number of anilines is 3. The molecule has 0 atom stereocenters. The molecule has 0 aliphatic heterocycles. The van der Waals surface area contributed by atoms with E-state index in [1.807, 2.05) is 24.3 Å². The van der Waals surface area contributed by atoms with Gasteiger partial charge in [-0.05, 0) is 36.1 Å². The number of benzene rings is 3.